The summed E-state index contributed by atoms with van der Waals surface area (Å²) >= 11 is 0. The molecular weight excluding hydrogens is 350 g/mol. The minimum Gasteiger partial charge on any atom is -0.383 e. The zero-order valence-electron chi connectivity index (χ0n) is 15.7. The Labute approximate surface area is 162 Å². The highest BCUT2D eigenvalue weighted by Gasteiger charge is 2.22. The first-order valence-corrected chi connectivity index (χ1v) is 9.69. The molecule has 5 rings (SSSR count). The SMILES string of the molecule is C[C@H](Nc1ncc(-c2cc(C3CCC3)[nH]n2)c(N)n1)c1ccc2[nH]ccc2c1. The molecule has 3 heterocycles. The number of fused-ring (bicyclic) bond motifs is 1. The molecule has 0 spiro atoms. The fourth-order valence-electron chi connectivity index (χ4n) is 3.68. The van der Waals surface area contributed by atoms with Gasteiger partial charge >= 0.3 is 0 Å². The molecule has 7 heteroatoms. The molecule has 1 saturated carbocycles. The topological polar surface area (TPSA) is 108 Å². The van der Waals surface area contributed by atoms with Crippen molar-refractivity contribution in [2.45, 2.75) is 38.1 Å². The molecule has 3 aromatic heterocycles. The van der Waals surface area contributed by atoms with Crippen molar-refractivity contribution >= 4 is 22.7 Å². The van der Waals surface area contributed by atoms with Crippen molar-refractivity contribution in [3.05, 3.63) is 54.0 Å². The van der Waals surface area contributed by atoms with Crippen molar-refractivity contribution in [3.8, 4) is 11.3 Å². The summed E-state index contributed by atoms with van der Waals surface area (Å²) in [5.41, 5.74) is 11.2. The third-order valence-corrected chi connectivity index (χ3v) is 5.66. The van der Waals surface area contributed by atoms with Crippen LogP contribution in [0, 0.1) is 0 Å². The van der Waals surface area contributed by atoms with Crippen LogP contribution in [0.5, 0.6) is 0 Å². The highest BCUT2D eigenvalue weighted by atomic mass is 15.1. The maximum absolute atomic E-state index is 6.21. The summed E-state index contributed by atoms with van der Waals surface area (Å²) in [4.78, 5) is 12.1. The first kappa shape index (κ1) is 16.8. The van der Waals surface area contributed by atoms with E-state index < -0.39 is 0 Å². The first-order valence-electron chi connectivity index (χ1n) is 9.69. The van der Waals surface area contributed by atoms with E-state index >= 15 is 0 Å². The molecule has 0 unspecified atom stereocenters. The number of nitrogens with two attached hydrogens (primary N) is 1. The second kappa shape index (κ2) is 6.67. The number of aromatic amines is 2. The summed E-state index contributed by atoms with van der Waals surface area (Å²) in [6.07, 6.45) is 7.43. The van der Waals surface area contributed by atoms with Crippen molar-refractivity contribution in [2.75, 3.05) is 11.1 Å². The Morgan fingerprint density at radius 3 is 2.89 bits per heavy atom. The number of H-pyrrole nitrogens is 2. The lowest BCUT2D eigenvalue weighted by atomic mass is 9.83. The van der Waals surface area contributed by atoms with Crippen LogP contribution in [0.3, 0.4) is 0 Å². The molecule has 4 aromatic rings. The minimum atomic E-state index is 0.0557. The molecule has 1 fully saturated rings. The van der Waals surface area contributed by atoms with Gasteiger partial charge in [-0.3, -0.25) is 5.10 Å². The molecule has 0 aliphatic heterocycles. The predicted molar refractivity (Wildman–Crippen MR) is 111 cm³/mol. The van der Waals surface area contributed by atoms with E-state index in [4.69, 9.17) is 5.73 Å². The van der Waals surface area contributed by atoms with Crippen LogP contribution in [0.4, 0.5) is 11.8 Å². The Hall–Kier alpha value is -3.35. The predicted octanol–water partition coefficient (Wildman–Crippen LogP) is 4.37. The van der Waals surface area contributed by atoms with Crippen LogP contribution in [0.15, 0.2) is 42.7 Å². The second-order valence-electron chi connectivity index (χ2n) is 7.52. The molecular formula is C21H23N7. The lowest BCUT2D eigenvalue weighted by molar-refractivity contribution is 0.410. The maximum Gasteiger partial charge on any atom is 0.225 e. The molecule has 28 heavy (non-hydrogen) atoms. The van der Waals surface area contributed by atoms with E-state index in [1.165, 1.54) is 30.3 Å². The number of hydrogen-bond donors (Lipinski definition) is 4. The van der Waals surface area contributed by atoms with Gasteiger partial charge in [0, 0.05) is 29.5 Å². The van der Waals surface area contributed by atoms with E-state index in [1.54, 1.807) is 6.20 Å². The summed E-state index contributed by atoms with van der Waals surface area (Å²) in [6.45, 7) is 2.08. The van der Waals surface area contributed by atoms with E-state index in [0.29, 0.717) is 17.7 Å². The summed E-state index contributed by atoms with van der Waals surface area (Å²) in [5, 5.41) is 12.1. The number of rotatable bonds is 5. The van der Waals surface area contributed by atoms with Gasteiger partial charge in [-0.15, -0.1) is 0 Å². The molecule has 1 aliphatic rings. The molecule has 1 aromatic carbocycles. The third kappa shape index (κ3) is 2.98. The largest absolute Gasteiger partial charge is 0.383 e. The molecule has 1 atom stereocenters. The van der Waals surface area contributed by atoms with Crippen LogP contribution in [0.25, 0.3) is 22.2 Å². The number of hydrogen-bond acceptors (Lipinski definition) is 5. The van der Waals surface area contributed by atoms with Crippen molar-refractivity contribution in [3.63, 3.8) is 0 Å². The van der Waals surface area contributed by atoms with Crippen molar-refractivity contribution < 1.29 is 0 Å². The van der Waals surface area contributed by atoms with E-state index in [-0.39, 0.29) is 6.04 Å². The van der Waals surface area contributed by atoms with Crippen molar-refractivity contribution in [1.82, 2.24) is 25.1 Å². The summed E-state index contributed by atoms with van der Waals surface area (Å²) in [5.74, 6) is 1.54. The van der Waals surface area contributed by atoms with Gasteiger partial charge in [0.15, 0.2) is 0 Å². The van der Waals surface area contributed by atoms with Crippen molar-refractivity contribution in [1.29, 1.82) is 0 Å². The van der Waals surface area contributed by atoms with Crippen LogP contribution in [0.1, 0.15) is 49.4 Å². The Morgan fingerprint density at radius 1 is 1.21 bits per heavy atom. The molecule has 0 radical (unpaired) electrons. The Bertz CT molecular complexity index is 1120. The number of anilines is 2. The van der Waals surface area contributed by atoms with Gasteiger partial charge in [-0.25, -0.2) is 4.98 Å². The van der Waals surface area contributed by atoms with Gasteiger partial charge in [-0.1, -0.05) is 12.5 Å². The Balaban J connectivity index is 1.34. The van der Waals surface area contributed by atoms with Gasteiger partial charge < -0.3 is 16.0 Å². The molecule has 0 amide bonds. The highest BCUT2D eigenvalue weighted by molar-refractivity contribution is 5.80. The number of nitrogens with one attached hydrogen (secondary N) is 3. The second-order valence-corrected chi connectivity index (χ2v) is 7.52. The molecule has 0 saturated heterocycles. The fourth-order valence-corrected chi connectivity index (χ4v) is 3.68. The molecule has 0 bridgehead atoms. The number of benzene rings is 1. The van der Waals surface area contributed by atoms with E-state index in [1.807, 2.05) is 6.20 Å². The lowest BCUT2D eigenvalue weighted by Crippen LogP contribution is -2.10. The zero-order chi connectivity index (χ0) is 19.1. The van der Waals surface area contributed by atoms with E-state index in [2.05, 4.69) is 67.7 Å². The molecule has 5 N–H and O–H groups in total. The van der Waals surface area contributed by atoms with Gasteiger partial charge in [-0.2, -0.15) is 10.1 Å². The molecule has 7 nitrogen and oxygen atoms in total. The van der Waals surface area contributed by atoms with Gasteiger partial charge in [0.25, 0.3) is 0 Å². The van der Waals surface area contributed by atoms with Crippen molar-refractivity contribution in [2.24, 2.45) is 0 Å². The average molecular weight is 373 g/mol. The van der Waals surface area contributed by atoms with Crippen LogP contribution in [-0.4, -0.2) is 25.1 Å². The first-order chi connectivity index (χ1) is 13.7. The highest BCUT2D eigenvalue weighted by Crippen LogP contribution is 2.37. The van der Waals surface area contributed by atoms with Crippen LogP contribution >= 0.6 is 0 Å². The van der Waals surface area contributed by atoms with Crippen LogP contribution in [-0.2, 0) is 0 Å². The lowest BCUT2D eigenvalue weighted by Gasteiger charge is -2.23. The monoisotopic (exact) mass is 373 g/mol. The van der Waals surface area contributed by atoms with Crippen LogP contribution in [0.2, 0.25) is 0 Å². The normalized spacial score (nSPS) is 15.5. The fraction of sp³-hybridized carbons (Fsp3) is 0.286. The van der Waals surface area contributed by atoms with Gasteiger partial charge in [0.1, 0.15) is 5.82 Å². The zero-order valence-corrected chi connectivity index (χ0v) is 15.7. The van der Waals surface area contributed by atoms with Gasteiger partial charge in [0.2, 0.25) is 5.95 Å². The van der Waals surface area contributed by atoms with E-state index in [0.717, 1.165) is 22.3 Å². The smallest absolute Gasteiger partial charge is 0.225 e. The summed E-state index contributed by atoms with van der Waals surface area (Å²) in [6, 6.07) is 10.5. The standard InChI is InChI=1S/C21H23N7/c1-12(14-5-6-17-15(9-14)7-8-23-17)25-21-24-11-16(20(22)26-21)19-10-18(27-28-19)13-3-2-4-13/h5-13,23H,2-4H2,1H3,(H,27,28)(H3,22,24,25,26)/t12-/m0/s1. The van der Waals surface area contributed by atoms with Gasteiger partial charge in [-0.05, 0) is 55.0 Å². The minimum absolute atomic E-state index is 0.0557. The maximum atomic E-state index is 6.21. The molecule has 1 aliphatic carbocycles. The number of nitrogens with zero attached hydrogens (tertiary/aromatic N) is 3. The average Bonchev–Trinajstić information content (AvgIpc) is 3.29. The Kier molecular flexibility index (Phi) is 4.00. The number of nitrogen functional groups attached to an aromatic ring is 1. The summed E-state index contributed by atoms with van der Waals surface area (Å²) < 4.78 is 0. The Morgan fingerprint density at radius 2 is 2.11 bits per heavy atom. The van der Waals surface area contributed by atoms with E-state index in [9.17, 15) is 0 Å². The molecule has 142 valence electrons. The van der Waals surface area contributed by atoms with Crippen LogP contribution < -0.4 is 11.1 Å². The summed E-state index contributed by atoms with van der Waals surface area (Å²) in [7, 11) is 0. The third-order valence-electron chi connectivity index (χ3n) is 5.66. The number of aromatic nitrogens is 5. The van der Waals surface area contributed by atoms with Gasteiger partial charge in [0.05, 0.1) is 17.3 Å². The quantitative estimate of drug-likeness (QED) is 0.415.